The molecule has 3 atom stereocenters. The smallest absolute Gasteiger partial charge is 0.303 e. The van der Waals surface area contributed by atoms with Gasteiger partial charge in [-0.15, -0.1) is 0 Å². The number of hydrogen-bond donors (Lipinski definition) is 6. The molecular formula is C43H52N2O18S5. The number of anilines is 2. The van der Waals surface area contributed by atoms with Gasteiger partial charge < -0.3 is 19.6 Å². The van der Waals surface area contributed by atoms with Crippen LogP contribution >= 0.6 is 0 Å². The number of fused-ring (bicyclic) bond motifs is 6. The second kappa shape index (κ2) is 19.0. The van der Waals surface area contributed by atoms with Crippen LogP contribution < -0.4 is 9.80 Å². The Balaban J connectivity index is 1.62. The molecule has 0 radical (unpaired) electrons. The highest BCUT2D eigenvalue weighted by Gasteiger charge is 2.48. The van der Waals surface area contributed by atoms with Gasteiger partial charge in [0, 0.05) is 71.9 Å². The van der Waals surface area contributed by atoms with Gasteiger partial charge in [0.25, 0.3) is 50.6 Å². The largest absolute Gasteiger partial charge is 0.481 e. The van der Waals surface area contributed by atoms with E-state index < -0.39 is 98.8 Å². The van der Waals surface area contributed by atoms with Crippen LogP contribution in [0.4, 0.5) is 11.4 Å². The molecule has 0 spiro atoms. The number of methoxy groups -OCH3 is 1. The highest BCUT2D eigenvalue weighted by atomic mass is 32.2. The van der Waals surface area contributed by atoms with Crippen molar-refractivity contribution in [2.24, 2.45) is 0 Å². The molecule has 2 heterocycles. The van der Waals surface area contributed by atoms with Gasteiger partial charge in [0.15, 0.2) is 0 Å². The average Bonchev–Trinajstić information content (AvgIpc) is 3.60. The van der Waals surface area contributed by atoms with Crippen LogP contribution in [0, 0.1) is 0 Å². The Morgan fingerprint density at radius 3 is 1.72 bits per heavy atom. The van der Waals surface area contributed by atoms with Gasteiger partial charge in [-0.05, 0) is 110 Å². The van der Waals surface area contributed by atoms with Gasteiger partial charge >= 0.3 is 5.97 Å². The van der Waals surface area contributed by atoms with Crippen molar-refractivity contribution in [2.45, 2.75) is 102 Å². The van der Waals surface area contributed by atoms with E-state index in [1.165, 1.54) is 19.2 Å². The molecule has 4 aromatic rings. The second-order valence-corrected chi connectivity index (χ2v) is 24.5. The Hall–Kier alpha value is -4.54. The standard InChI is InChI=1S/C43H52N2O18S5/c1-5-44-33-16-14-29-31(23-27(65(51,52)53)25-35(29)67(57,58)59)40(33)42(2,18-10-22-64(48,49)50)37(44)11-9-12-38-43(3,19-21-63-4)41-32-24-28(66(54,55)56)26-36(68(60,61)62)30(32)15-17-34(41)45(38)20-8-6-7-13-39(46)47/h9,11-12,14-17,23-26,37H,5-8,10,13,18-22H2,1-4H3,(H,46,47)(H,48,49,50)(H,51,52,53)(H,54,55,56)(H,57,58,59)(H,60,61,62). The van der Waals surface area contributed by atoms with E-state index in [-0.39, 0.29) is 66.9 Å². The number of allylic oxidation sites excluding steroid dienone is 3. The summed E-state index contributed by atoms with van der Waals surface area (Å²) in [7, 11) is -23.3. The zero-order valence-corrected chi connectivity index (χ0v) is 41.3. The van der Waals surface area contributed by atoms with E-state index in [4.69, 9.17) is 4.74 Å². The molecule has 0 amide bonds. The molecule has 0 fully saturated rings. The van der Waals surface area contributed by atoms with E-state index in [9.17, 15) is 74.8 Å². The number of carboxylic acids is 1. The summed E-state index contributed by atoms with van der Waals surface area (Å²) in [6.45, 7) is 6.02. The van der Waals surface area contributed by atoms with Gasteiger partial charge in [0.2, 0.25) is 0 Å². The monoisotopic (exact) mass is 1040 g/mol. The molecule has 25 heteroatoms. The number of benzene rings is 4. The summed E-state index contributed by atoms with van der Waals surface area (Å²) in [6.07, 6.45) is 6.49. The maximum atomic E-state index is 12.8. The Morgan fingerprint density at radius 1 is 0.691 bits per heavy atom. The third kappa shape index (κ3) is 10.5. The summed E-state index contributed by atoms with van der Waals surface area (Å²) in [5, 5.41) is 9.22. The van der Waals surface area contributed by atoms with Crippen molar-refractivity contribution in [3.05, 3.63) is 83.6 Å². The molecule has 372 valence electrons. The van der Waals surface area contributed by atoms with Crippen LogP contribution in [0.1, 0.15) is 76.8 Å². The molecule has 0 aliphatic carbocycles. The molecule has 20 nitrogen and oxygen atoms in total. The molecule has 0 bridgehead atoms. The molecule has 4 aromatic carbocycles. The summed E-state index contributed by atoms with van der Waals surface area (Å²) in [5.41, 5.74) is -0.0657. The summed E-state index contributed by atoms with van der Waals surface area (Å²) in [5.74, 6) is -1.65. The molecule has 6 rings (SSSR count). The minimum Gasteiger partial charge on any atom is -0.481 e. The topological polar surface area (TPSA) is 325 Å². The van der Waals surface area contributed by atoms with Crippen LogP contribution in [0.2, 0.25) is 0 Å². The Labute approximate surface area is 395 Å². The van der Waals surface area contributed by atoms with Gasteiger partial charge in [-0.1, -0.05) is 37.6 Å². The summed E-state index contributed by atoms with van der Waals surface area (Å²) < 4.78 is 181. The van der Waals surface area contributed by atoms with Gasteiger partial charge in [-0.2, -0.15) is 42.1 Å². The summed E-state index contributed by atoms with van der Waals surface area (Å²) in [6, 6.07) is 8.68. The molecule has 2 aliphatic rings. The van der Waals surface area contributed by atoms with Crippen LogP contribution in [0.3, 0.4) is 0 Å². The van der Waals surface area contributed by atoms with Crippen molar-refractivity contribution in [3.8, 4) is 0 Å². The predicted molar refractivity (Wildman–Crippen MR) is 251 cm³/mol. The van der Waals surface area contributed by atoms with Crippen LogP contribution in [0.15, 0.2) is 92.0 Å². The van der Waals surface area contributed by atoms with E-state index >= 15 is 0 Å². The van der Waals surface area contributed by atoms with E-state index in [0.717, 1.165) is 12.1 Å². The van der Waals surface area contributed by atoms with E-state index in [1.54, 1.807) is 37.3 Å². The number of nitrogens with zero attached hydrogens (tertiary/aromatic N) is 2. The number of carboxylic acid groups (broad SMARTS) is 1. The third-order valence-electron chi connectivity index (χ3n) is 12.9. The van der Waals surface area contributed by atoms with Crippen LogP contribution in [-0.4, -0.2) is 115 Å². The Kier molecular flexibility index (Phi) is 14.8. The SMILES string of the molecule is CCN1c2ccc3c(S(=O)(=O)O)cc(S(=O)(=O)O)cc3c2C(C)(CCCS(=O)(=O)O)C1C=CC=C1N(CCCCCC(=O)O)c2ccc3c(S(=O)(=O)O)cc(S(=O)(=O)O)cc3c2C1(C)CCOC. The number of carbonyl (C=O) groups is 1. The first-order valence-electron chi connectivity index (χ1n) is 21.1. The van der Waals surface area contributed by atoms with Crippen LogP contribution in [0.25, 0.3) is 21.5 Å². The third-order valence-corrected chi connectivity index (χ3v) is 17.1. The van der Waals surface area contributed by atoms with E-state index in [1.807, 2.05) is 23.6 Å². The lowest BCUT2D eigenvalue weighted by atomic mass is 9.73. The zero-order chi connectivity index (χ0) is 50.6. The maximum absolute atomic E-state index is 12.8. The Morgan fingerprint density at radius 2 is 1.24 bits per heavy atom. The first-order valence-corrected chi connectivity index (χ1v) is 28.5. The first-order chi connectivity index (χ1) is 31.4. The van der Waals surface area contributed by atoms with Crippen molar-refractivity contribution >= 4 is 89.5 Å². The van der Waals surface area contributed by atoms with Gasteiger partial charge in [0.1, 0.15) is 9.79 Å². The highest BCUT2D eigenvalue weighted by Crippen LogP contribution is 2.55. The van der Waals surface area contributed by atoms with Crippen molar-refractivity contribution in [2.75, 3.05) is 42.4 Å². The van der Waals surface area contributed by atoms with Gasteiger partial charge in [-0.25, -0.2) is 0 Å². The number of rotatable bonds is 20. The summed E-state index contributed by atoms with van der Waals surface area (Å²) >= 11 is 0. The molecule has 6 N–H and O–H groups in total. The van der Waals surface area contributed by atoms with E-state index in [0.29, 0.717) is 59.6 Å². The number of ether oxygens (including phenoxy) is 1. The van der Waals surface area contributed by atoms with Crippen LogP contribution in [0.5, 0.6) is 0 Å². The molecule has 0 saturated carbocycles. The molecule has 68 heavy (non-hydrogen) atoms. The minimum absolute atomic E-state index is 0.00403. The maximum Gasteiger partial charge on any atom is 0.303 e. The predicted octanol–water partition coefficient (Wildman–Crippen LogP) is 6.01. The van der Waals surface area contributed by atoms with Crippen LogP contribution in [-0.2, 0) is 71.0 Å². The number of unbranched alkanes of at least 4 members (excludes halogenated alkanes) is 2. The molecule has 0 saturated heterocycles. The van der Waals surface area contributed by atoms with Crippen molar-refractivity contribution in [1.29, 1.82) is 0 Å². The quantitative estimate of drug-likeness (QED) is 0.0436. The number of hydrogen-bond acceptors (Lipinski definition) is 14. The summed E-state index contributed by atoms with van der Waals surface area (Å²) in [4.78, 5) is 11.9. The molecule has 3 unspecified atom stereocenters. The van der Waals surface area contributed by atoms with E-state index in [2.05, 4.69) is 0 Å². The minimum atomic E-state index is -5.10. The molecule has 0 aromatic heterocycles. The highest BCUT2D eigenvalue weighted by molar-refractivity contribution is 7.87. The fourth-order valence-corrected chi connectivity index (χ4v) is 13.1. The average molecular weight is 1050 g/mol. The lowest BCUT2D eigenvalue weighted by Gasteiger charge is -2.35. The normalized spacial score (nSPS) is 20.8. The first kappa shape index (κ1) is 52.8. The molecule has 2 aliphatic heterocycles. The van der Waals surface area contributed by atoms with Crippen molar-refractivity contribution in [3.63, 3.8) is 0 Å². The van der Waals surface area contributed by atoms with Gasteiger partial charge in [-0.3, -0.25) is 27.6 Å². The van der Waals surface area contributed by atoms with Gasteiger partial charge in [0.05, 0.1) is 21.6 Å². The fraction of sp³-hybridized carbons (Fsp3) is 0.419. The number of likely N-dealkylation sites (N-methyl/N-ethyl adjacent to an activating group) is 1. The second-order valence-electron chi connectivity index (χ2n) is 17.3. The number of aliphatic carboxylic acids is 1. The van der Waals surface area contributed by atoms with Crippen molar-refractivity contribution in [1.82, 2.24) is 0 Å². The van der Waals surface area contributed by atoms with Crippen molar-refractivity contribution < 1.29 is 79.5 Å². The zero-order valence-electron chi connectivity index (χ0n) is 37.2. The lowest BCUT2D eigenvalue weighted by Crippen LogP contribution is -2.42. The lowest BCUT2D eigenvalue weighted by molar-refractivity contribution is -0.137. The fourth-order valence-electron chi connectivity index (χ4n) is 9.92. The Bertz CT molecular complexity index is 3340. The molecular weight excluding hydrogens is 993 g/mol.